The van der Waals surface area contributed by atoms with Crippen LogP contribution in [0.5, 0.6) is 0 Å². The molecule has 0 aromatic rings. The van der Waals surface area contributed by atoms with Crippen molar-refractivity contribution in [2.75, 3.05) is 19.5 Å². The Hall–Kier alpha value is -0.990. The van der Waals surface area contributed by atoms with Crippen LogP contribution in [0.4, 0.5) is 0 Å². The molecule has 1 aliphatic heterocycles. The number of carbonyl (C=O) groups excluding carboxylic acids is 2. The summed E-state index contributed by atoms with van der Waals surface area (Å²) < 4.78 is 30.2. The average Bonchev–Trinajstić information content (AvgIpc) is 2.22. The highest BCUT2D eigenvalue weighted by Gasteiger charge is 2.29. The maximum Gasteiger partial charge on any atom is 0.244 e. The van der Waals surface area contributed by atoms with Gasteiger partial charge in [0.15, 0.2) is 0 Å². The summed E-state index contributed by atoms with van der Waals surface area (Å²) in [6, 6.07) is -0.847. The van der Waals surface area contributed by atoms with Gasteiger partial charge in [0.1, 0.15) is 6.04 Å². The van der Waals surface area contributed by atoms with Gasteiger partial charge in [-0.15, -0.1) is 0 Å². The van der Waals surface area contributed by atoms with E-state index in [1.54, 1.807) is 0 Å². The van der Waals surface area contributed by atoms with Crippen molar-refractivity contribution in [2.45, 2.75) is 25.3 Å². The van der Waals surface area contributed by atoms with E-state index >= 15 is 0 Å². The molecule has 1 saturated heterocycles. The Morgan fingerprint density at radius 1 is 1.47 bits per heavy atom. The molecule has 1 atom stereocenters. The molecule has 0 aromatic heterocycles. The van der Waals surface area contributed by atoms with Crippen LogP contribution < -0.4 is 10.0 Å². The van der Waals surface area contributed by atoms with E-state index in [9.17, 15) is 18.0 Å². The molecule has 8 heteroatoms. The molecule has 0 aliphatic carbocycles. The molecule has 0 bridgehead atoms. The number of ether oxygens (including phenoxy) is 1. The van der Waals surface area contributed by atoms with Gasteiger partial charge in [0.2, 0.25) is 21.8 Å². The van der Waals surface area contributed by atoms with Gasteiger partial charge in [-0.1, -0.05) is 0 Å². The molecule has 0 spiro atoms. The minimum atomic E-state index is -3.51. The van der Waals surface area contributed by atoms with Crippen LogP contribution >= 0.6 is 0 Å². The third kappa shape index (κ3) is 4.80. The van der Waals surface area contributed by atoms with Crippen molar-refractivity contribution in [1.29, 1.82) is 0 Å². The first-order chi connectivity index (χ1) is 7.94. The maximum absolute atomic E-state index is 11.6. The molecule has 0 radical (unpaired) electrons. The van der Waals surface area contributed by atoms with Crippen molar-refractivity contribution in [1.82, 2.24) is 10.0 Å². The molecule has 1 fully saturated rings. The van der Waals surface area contributed by atoms with Crippen LogP contribution in [0, 0.1) is 0 Å². The Labute approximate surface area is 100.0 Å². The lowest BCUT2D eigenvalue weighted by Gasteiger charge is -2.21. The smallest absolute Gasteiger partial charge is 0.244 e. The van der Waals surface area contributed by atoms with Gasteiger partial charge >= 0.3 is 0 Å². The number of methoxy groups -OCH3 is 1. The van der Waals surface area contributed by atoms with Crippen LogP contribution in [0.15, 0.2) is 0 Å². The Morgan fingerprint density at radius 2 is 2.18 bits per heavy atom. The van der Waals surface area contributed by atoms with E-state index in [1.165, 1.54) is 7.11 Å². The summed E-state index contributed by atoms with van der Waals surface area (Å²) >= 11 is 0. The van der Waals surface area contributed by atoms with Crippen LogP contribution in [-0.4, -0.2) is 45.7 Å². The molecular formula is C9H16N2O5S. The monoisotopic (exact) mass is 264 g/mol. The van der Waals surface area contributed by atoms with E-state index in [0.717, 1.165) is 0 Å². The zero-order chi connectivity index (χ0) is 12.9. The predicted octanol–water partition coefficient (Wildman–Crippen LogP) is -1.25. The van der Waals surface area contributed by atoms with Crippen molar-refractivity contribution in [3.8, 4) is 0 Å². The van der Waals surface area contributed by atoms with Gasteiger partial charge in [0.25, 0.3) is 0 Å². The number of piperidine rings is 1. The molecule has 98 valence electrons. The summed E-state index contributed by atoms with van der Waals surface area (Å²) in [4.78, 5) is 22.2. The van der Waals surface area contributed by atoms with Gasteiger partial charge in [-0.2, -0.15) is 0 Å². The molecular weight excluding hydrogens is 248 g/mol. The van der Waals surface area contributed by atoms with Gasteiger partial charge in [-0.25, -0.2) is 13.1 Å². The number of carbonyl (C=O) groups is 2. The van der Waals surface area contributed by atoms with Gasteiger partial charge in [-0.3, -0.25) is 14.9 Å². The molecule has 2 N–H and O–H groups in total. The summed E-state index contributed by atoms with van der Waals surface area (Å²) in [6.45, 7) is 0.344. The van der Waals surface area contributed by atoms with Gasteiger partial charge in [0, 0.05) is 20.1 Å². The van der Waals surface area contributed by atoms with E-state index in [4.69, 9.17) is 4.74 Å². The van der Waals surface area contributed by atoms with Crippen LogP contribution in [0.2, 0.25) is 0 Å². The Balaban J connectivity index is 2.47. The molecule has 2 amide bonds. The van der Waals surface area contributed by atoms with Crippen molar-refractivity contribution in [2.24, 2.45) is 0 Å². The minimum Gasteiger partial charge on any atom is -0.385 e. The minimum absolute atomic E-state index is 0.0986. The summed E-state index contributed by atoms with van der Waals surface area (Å²) in [5.74, 6) is -1.06. The second-order valence-electron chi connectivity index (χ2n) is 3.79. The highest BCUT2D eigenvalue weighted by molar-refractivity contribution is 7.89. The number of sulfonamides is 1. The number of hydrogen-bond donors (Lipinski definition) is 2. The van der Waals surface area contributed by atoms with Crippen LogP contribution in [0.3, 0.4) is 0 Å². The molecule has 7 nitrogen and oxygen atoms in total. The first-order valence-corrected chi connectivity index (χ1v) is 6.92. The highest BCUT2D eigenvalue weighted by atomic mass is 32.2. The third-order valence-electron chi connectivity index (χ3n) is 2.32. The normalized spacial score (nSPS) is 21.4. The quantitative estimate of drug-likeness (QED) is 0.461. The van der Waals surface area contributed by atoms with Crippen LogP contribution in [-0.2, 0) is 24.3 Å². The zero-order valence-corrected chi connectivity index (χ0v) is 10.4. The predicted molar refractivity (Wildman–Crippen MR) is 59.6 cm³/mol. The molecule has 0 aromatic carbocycles. The molecule has 1 aliphatic rings. The second kappa shape index (κ2) is 6.08. The molecule has 17 heavy (non-hydrogen) atoms. The summed E-state index contributed by atoms with van der Waals surface area (Å²) in [7, 11) is -2.02. The fourth-order valence-electron chi connectivity index (χ4n) is 1.47. The Kier molecular flexibility index (Phi) is 5.03. The van der Waals surface area contributed by atoms with E-state index in [2.05, 4.69) is 10.0 Å². The van der Waals surface area contributed by atoms with Crippen molar-refractivity contribution >= 4 is 21.8 Å². The van der Waals surface area contributed by atoms with Gasteiger partial charge in [-0.05, 0) is 12.8 Å². The fourth-order valence-corrected chi connectivity index (χ4v) is 2.75. The molecule has 1 heterocycles. The third-order valence-corrected chi connectivity index (χ3v) is 3.79. The Morgan fingerprint density at radius 3 is 2.76 bits per heavy atom. The SMILES string of the molecule is COCCCS(=O)(=O)NC1CCC(=O)NC1=O. The second-order valence-corrected chi connectivity index (χ2v) is 5.66. The first kappa shape index (κ1) is 14.1. The van der Waals surface area contributed by atoms with Crippen LogP contribution in [0.25, 0.3) is 0 Å². The molecule has 1 unspecified atom stereocenters. The first-order valence-electron chi connectivity index (χ1n) is 5.27. The van der Waals surface area contributed by atoms with Crippen LogP contribution in [0.1, 0.15) is 19.3 Å². The van der Waals surface area contributed by atoms with E-state index in [0.29, 0.717) is 13.0 Å². The van der Waals surface area contributed by atoms with Crippen molar-refractivity contribution in [3.05, 3.63) is 0 Å². The van der Waals surface area contributed by atoms with Gasteiger partial charge < -0.3 is 4.74 Å². The number of imide groups is 1. The lowest BCUT2D eigenvalue weighted by atomic mass is 10.1. The fraction of sp³-hybridized carbons (Fsp3) is 0.778. The van der Waals surface area contributed by atoms with Gasteiger partial charge in [0.05, 0.1) is 5.75 Å². The zero-order valence-electron chi connectivity index (χ0n) is 9.56. The summed E-state index contributed by atoms with van der Waals surface area (Å²) in [5, 5.41) is 2.09. The number of nitrogens with one attached hydrogen (secondary N) is 2. The largest absolute Gasteiger partial charge is 0.385 e. The number of rotatable bonds is 6. The van der Waals surface area contributed by atoms with E-state index < -0.39 is 22.0 Å². The van der Waals surface area contributed by atoms with Crippen molar-refractivity contribution in [3.63, 3.8) is 0 Å². The summed E-state index contributed by atoms with van der Waals surface area (Å²) in [6.07, 6.45) is 0.713. The lowest BCUT2D eigenvalue weighted by molar-refractivity contribution is -0.134. The standard InChI is InChI=1S/C9H16N2O5S/c1-16-5-2-6-17(14,15)11-7-3-4-8(12)10-9(7)13/h7,11H,2-6H2,1H3,(H,10,12,13). The topological polar surface area (TPSA) is 102 Å². The molecule has 0 saturated carbocycles. The summed E-state index contributed by atoms with van der Waals surface area (Å²) in [5.41, 5.74) is 0. The highest BCUT2D eigenvalue weighted by Crippen LogP contribution is 2.06. The van der Waals surface area contributed by atoms with E-state index in [-0.39, 0.29) is 24.5 Å². The Bertz CT molecular complexity index is 392. The maximum atomic E-state index is 11.6. The molecule has 1 rings (SSSR count). The average molecular weight is 264 g/mol. The van der Waals surface area contributed by atoms with E-state index in [1.807, 2.05) is 0 Å². The number of hydrogen-bond acceptors (Lipinski definition) is 5. The van der Waals surface area contributed by atoms with Crippen molar-refractivity contribution < 1.29 is 22.7 Å². The lowest BCUT2D eigenvalue weighted by Crippen LogP contribution is -2.52. The number of amides is 2.